The molecule has 2 aromatic rings. The highest BCUT2D eigenvalue weighted by atomic mass is 16.4. The van der Waals surface area contributed by atoms with Crippen LogP contribution in [0.15, 0.2) is 42.9 Å². The molecular weight excluding hydrogens is 254 g/mol. The van der Waals surface area contributed by atoms with Gasteiger partial charge in [0.1, 0.15) is 6.33 Å². The summed E-state index contributed by atoms with van der Waals surface area (Å²) in [6, 6.07) is 9.70. The molecule has 0 bridgehead atoms. The molecule has 5 nitrogen and oxygen atoms in total. The molecule has 0 aliphatic rings. The van der Waals surface area contributed by atoms with Crippen molar-refractivity contribution in [3.8, 4) is 0 Å². The molecular formula is C15H19N3O2. The average Bonchev–Trinajstić information content (AvgIpc) is 2.87. The van der Waals surface area contributed by atoms with Crippen LogP contribution in [-0.4, -0.2) is 26.8 Å². The zero-order valence-electron chi connectivity index (χ0n) is 11.5. The monoisotopic (exact) mass is 273 g/mol. The van der Waals surface area contributed by atoms with Gasteiger partial charge in [-0.25, -0.2) is 4.98 Å². The maximum Gasteiger partial charge on any atom is 0.305 e. The van der Waals surface area contributed by atoms with Crippen LogP contribution in [0.2, 0.25) is 0 Å². The van der Waals surface area contributed by atoms with Crippen LogP contribution in [-0.2, 0) is 17.6 Å². The first-order valence-electron chi connectivity index (χ1n) is 6.72. The molecule has 1 aromatic carbocycles. The lowest BCUT2D eigenvalue weighted by Crippen LogP contribution is -2.31. The second kappa shape index (κ2) is 6.75. The summed E-state index contributed by atoms with van der Waals surface area (Å²) in [5.74, 6) is -0.811. The van der Waals surface area contributed by atoms with Crippen molar-refractivity contribution in [2.45, 2.75) is 32.2 Å². The van der Waals surface area contributed by atoms with E-state index >= 15 is 0 Å². The van der Waals surface area contributed by atoms with Crippen LogP contribution < -0.4 is 5.43 Å². The Labute approximate surface area is 118 Å². The van der Waals surface area contributed by atoms with Gasteiger partial charge in [-0.3, -0.25) is 9.47 Å². The van der Waals surface area contributed by atoms with E-state index in [4.69, 9.17) is 5.11 Å². The number of benzene rings is 1. The zero-order chi connectivity index (χ0) is 14.4. The molecule has 2 rings (SSSR count). The summed E-state index contributed by atoms with van der Waals surface area (Å²) in [6.45, 7) is 2.03. The third kappa shape index (κ3) is 4.12. The fraction of sp³-hybridized carbons (Fsp3) is 0.333. The summed E-state index contributed by atoms with van der Waals surface area (Å²) in [6.07, 6.45) is 5.15. The molecule has 0 spiro atoms. The van der Waals surface area contributed by atoms with Gasteiger partial charge in [-0.15, -0.1) is 0 Å². The van der Waals surface area contributed by atoms with Gasteiger partial charge in [0.25, 0.3) is 0 Å². The van der Waals surface area contributed by atoms with Crippen LogP contribution in [0.3, 0.4) is 0 Å². The maximum absolute atomic E-state index is 11.0. The summed E-state index contributed by atoms with van der Waals surface area (Å²) >= 11 is 0. The molecule has 1 atom stereocenters. The second-order valence-corrected chi connectivity index (χ2v) is 4.74. The van der Waals surface area contributed by atoms with Crippen molar-refractivity contribution in [2.24, 2.45) is 0 Å². The van der Waals surface area contributed by atoms with Crippen molar-refractivity contribution >= 4 is 5.97 Å². The highest BCUT2D eigenvalue weighted by molar-refractivity contribution is 5.67. The van der Waals surface area contributed by atoms with Crippen molar-refractivity contribution < 1.29 is 9.90 Å². The molecule has 0 amide bonds. The standard InChI is InChI=1S/C15H19N3O2/c1-2-13-10-18(11-16-13)17-14(9-15(19)20)8-12-6-4-3-5-7-12/h3-7,10-11,14,17H,2,8-9H2,1H3,(H,19,20). The van der Waals surface area contributed by atoms with Gasteiger partial charge < -0.3 is 10.5 Å². The maximum atomic E-state index is 11.0. The first-order chi connectivity index (χ1) is 9.67. The van der Waals surface area contributed by atoms with Crippen molar-refractivity contribution in [1.29, 1.82) is 0 Å². The minimum atomic E-state index is -0.811. The van der Waals surface area contributed by atoms with E-state index in [1.807, 2.05) is 43.5 Å². The minimum Gasteiger partial charge on any atom is -0.481 e. The molecule has 0 aliphatic heterocycles. The Morgan fingerprint density at radius 3 is 2.75 bits per heavy atom. The van der Waals surface area contributed by atoms with E-state index in [0.29, 0.717) is 6.42 Å². The molecule has 0 fully saturated rings. The number of aliphatic carboxylic acids is 1. The van der Waals surface area contributed by atoms with E-state index in [2.05, 4.69) is 10.4 Å². The Morgan fingerprint density at radius 2 is 2.15 bits per heavy atom. The van der Waals surface area contributed by atoms with Crippen LogP contribution in [0.1, 0.15) is 24.6 Å². The first kappa shape index (κ1) is 14.1. The largest absolute Gasteiger partial charge is 0.481 e. The third-order valence-electron chi connectivity index (χ3n) is 3.08. The molecule has 0 saturated heterocycles. The molecule has 20 heavy (non-hydrogen) atoms. The van der Waals surface area contributed by atoms with Gasteiger partial charge in [0.2, 0.25) is 0 Å². The predicted molar refractivity (Wildman–Crippen MR) is 77.2 cm³/mol. The van der Waals surface area contributed by atoms with Gasteiger partial charge in [0.15, 0.2) is 0 Å². The summed E-state index contributed by atoms with van der Waals surface area (Å²) < 4.78 is 1.75. The number of imidazole rings is 1. The molecule has 0 aliphatic carbocycles. The van der Waals surface area contributed by atoms with Crippen LogP contribution in [0, 0.1) is 0 Å². The molecule has 5 heteroatoms. The van der Waals surface area contributed by atoms with E-state index in [9.17, 15) is 4.79 Å². The molecule has 1 heterocycles. The Morgan fingerprint density at radius 1 is 1.40 bits per heavy atom. The van der Waals surface area contributed by atoms with Crippen LogP contribution in [0.25, 0.3) is 0 Å². The minimum absolute atomic E-state index is 0.0640. The third-order valence-corrected chi connectivity index (χ3v) is 3.08. The quantitative estimate of drug-likeness (QED) is 0.810. The normalized spacial score (nSPS) is 12.1. The van der Waals surface area contributed by atoms with Crippen molar-refractivity contribution in [3.05, 3.63) is 54.1 Å². The summed E-state index contributed by atoms with van der Waals surface area (Å²) in [4.78, 5) is 15.2. The number of rotatable bonds is 7. The van der Waals surface area contributed by atoms with Gasteiger partial charge in [-0.1, -0.05) is 37.3 Å². The number of aromatic nitrogens is 2. The predicted octanol–water partition coefficient (Wildman–Crippen LogP) is 2.08. The molecule has 2 N–H and O–H groups in total. The van der Waals surface area contributed by atoms with Gasteiger partial charge in [0.05, 0.1) is 18.2 Å². The lowest BCUT2D eigenvalue weighted by atomic mass is 10.0. The Bertz CT molecular complexity index is 551. The smallest absolute Gasteiger partial charge is 0.305 e. The van der Waals surface area contributed by atoms with E-state index in [-0.39, 0.29) is 12.5 Å². The van der Waals surface area contributed by atoms with Gasteiger partial charge in [-0.05, 0) is 18.4 Å². The number of aryl methyl sites for hydroxylation is 1. The molecule has 0 radical (unpaired) electrons. The van der Waals surface area contributed by atoms with E-state index in [1.165, 1.54) is 0 Å². The molecule has 1 unspecified atom stereocenters. The molecule has 0 saturated carbocycles. The van der Waals surface area contributed by atoms with E-state index in [0.717, 1.165) is 17.7 Å². The lowest BCUT2D eigenvalue weighted by molar-refractivity contribution is -0.137. The van der Waals surface area contributed by atoms with Gasteiger partial charge in [-0.2, -0.15) is 0 Å². The van der Waals surface area contributed by atoms with Gasteiger partial charge >= 0.3 is 5.97 Å². The van der Waals surface area contributed by atoms with Gasteiger partial charge in [0, 0.05) is 6.20 Å². The summed E-state index contributed by atoms with van der Waals surface area (Å²) in [5.41, 5.74) is 5.28. The summed E-state index contributed by atoms with van der Waals surface area (Å²) in [5, 5.41) is 9.03. The topological polar surface area (TPSA) is 67.2 Å². The number of nitrogens with zero attached hydrogens (tertiary/aromatic N) is 2. The number of carbonyl (C=O) groups is 1. The Kier molecular flexibility index (Phi) is 4.76. The van der Waals surface area contributed by atoms with Crippen LogP contribution in [0.5, 0.6) is 0 Å². The van der Waals surface area contributed by atoms with E-state index in [1.54, 1.807) is 11.0 Å². The number of nitrogens with one attached hydrogen (secondary N) is 1. The molecule has 1 aromatic heterocycles. The Hall–Kier alpha value is -2.30. The SMILES string of the molecule is CCc1cn(NC(CC(=O)O)Cc2ccccc2)cn1. The summed E-state index contributed by atoms with van der Waals surface area (Å²) in [7, 11) is 0. The number of carboxylic acid groups (broad SMARTS) is 1. The van der Waals surface area contributed by atoms with Crippen molar-refractivity contribution in [2.75, 3.05) is 5.43 Å². The second-order valence-electron chi connectivity index (χ2n) is 4.74. The highest BCUT2D eigenvalue weighted by Gasteiger charge is 2.14. The molecule has 106 valence electrons. The van der Waals surface area contributed by atoms with E-state index < -0.39 is 5.97 Å². The van der Waals surface area contributed by atoms with Crippen molar-refractivity contribution in [1.82, 2.24) is 9.66 Å². The number of hydrogen-bond donors (Lipinski definition) is 2. The fourth-order valence-corrected chi connectivity index (χ4v) is 2.10. The van der Waals surface area contributed by atoms with Crippen molar-refractivity contribution in [3.63, 3.8) is 0 Å². The average molecular weight is 273 g/mol. The Balaban J connectivity index is 2.05. The van der Waals surface area contributed by atoms with Crippen LogP contribution in [0.4, 0.5) is 0 Å². The zero-order valence-corrected chi connectivity index (χ0v) is 11.5. The lowest BCUT2D eigenvalue weighted by Gasteiger charge is -2.18. The number of carboxylic acids is 1. The first-order valence-corrected chi connectivity index (χ1v) is 6.72. The fourth-order valence-electron chi connectivity index (χ4n) is 2.10. The number of hydrogen-bond acceptors (Lipinski definition) is 3. The van der Waals surface area contributed by atoms with Crippen LogP contribution >= 0.6 is 0 Å². The highest BCUT2D eigenvalue weighted by Crippen LogP contribution is 2.07.